The third-order valence-electron chi connectivity index (χ3n) is 2.93. The quantitative estimate of drug-likeness (QED) is 0.647. The molecule has 2 rings (SSSR count). The van der Waals surface area contributed by atoms with Gasteiger partial charge in [-0.05, 0) is 6.42 Å². The first-order chi connectivity index (χ1) is 6.17. The largest absolute Gasteiger partial charge is 0.348 e. The van der Waals surface area contributed by atoms with E-state index in [0.29, 0.717) is 5.92 Å². The third kappa shape index (κ3) is 1.17. The fraction of sp³-hybridized carbons (Fsp3) is 0.667. The second-order valence-corrected chi connectivity index (χ2v) is 3.77. The van der Waals surface area contributed by atoms with Gasteiger partial charge in [-0.25, -0.2) is 0 Å². The summed E-state index contributed by atoms with van der Waals surface area (Å²) in [5.41, 5.74) is -0.137. The topological polar surface area (TPSA) is 53.8 Å². The van der Waals surface area contributed by atoms with E-state index in [1.54, 1.807) is 13.1 Å². The number of hydrogen-bond donors (Lipinski definition) is 1. The van der Waals surface area contributed by atoms with Crippen molar-refractivity contribution in [1.29, 1.82) is 0 Å². The van der Waals surface area contributed by atoms with Gasteiger partial charge < -0.3 is 5.32 Å². The normalized spacial score (nSPS) is 40.8. The molecule has 4 nitrogen and oxygen atoms in total. The van der Waals surface area contributed by atoms with Crippen LogP contribution in [0.25, 0.3) is 0 Å². The van der Waals surface area contributed by atoms with Crippen LogP contribution in [0, 0.1) is 5.92 Å². The van der Waals surface area contributed by atoms with Crippen molar-refractivity contribution < 1.29 is 4.79 Å². The summed E-state index contributed by atoms with van der Waals surface area (Å²) in [5, 5.41) is 11.0. The first-order valence-corrected chi connectivity index (χ1v) is 4.50. The second kappa shape index (κ2) is 2.65. The lowest BCUT2D eigenvalue weighted by Crippen LogP contribution is -2.38. The third-order valence-corrected chi connectivity index (χ3v) is 2.93. The van der Waals surface area contributed by atoms with E-state index in [2.05, 4.69) is 22.5 Å². The average molecular weight is 179 g/mol. The fourth-order valence-corrected chi connectivity index (χ4v) is 2.09. The van der Waals surface area contributed by atoms with Crippen LogP contribution in [0.3, 0.4) is 0 Å². The van der Waals surface area contributed by atoms with Crippen molar-refractivity contribution in [2.45, 2.75) is 31.8 Å². The van der Waals surface area contributed by atoms with Crippen LogP contribution in [0.2, 0.25) is 0 Å². The zero-order valence-corrected chi connectivity index (χ0v) is 7.82. The molecule has 1 aliphatic carbocycles. The zero-order valence-electron chi connectivity index (χ0n) is 7.82. The van der Waals surface area contributed by atoms with Gasteiger partial charge in [0.2, 0.25) is 5.91 Å². The standard InChI is InChI=1S/C9H13N3O/c1-6-8-9(6,11-7(2)13)4-3-5-10-12-8/h3,5-6,8H,4H2,1-2H3,(H,11,13). The molecule has 0 spiro atoms. The van der Waals surface area contributed by atoms with Gasteiger partial charge in [0.1, 0.15) is 0 Å². The molecule has 0 bridgehead atoms. The van der Waals surface area contributed by atoms with E-state index in [9.17, 15) is 4.79 Å². The summed E-state index contributed by atoms with van der Waals surface area (Å²) in [4.78, 5) is 11.0. The maximum atomic E-state index is 11.0. The van der Waals surface area contributed by atoms with Gasteiger partial charge in [-0.3, -0.25) is 4.79 Å². The van der Waals surface area contributed by atoms with Crippen LogP contribution in [0.4, 0.5) is 0 Å². The Balaban J connectivity index is 2.17. The maximum Gasteiger partial charge on any atom is 0.217 e. The van der Waals surface area contributed by atoms with Crippen molar-refractivity contribution in [1.82, 2.24) is 5.32 Å². The number of azo groups is 1. The SMILES string of the molecule is CC(=O)NC12CC=CN=NC1C2C. The average Bonchev–Trinajstić information content (AvgIpc) is 2.64. The van der Waals surface area contributed by atoms with Crippen LogP contribution in [0.15, 0.2) is 22.5 Å². The van der Waals surface area contributed by atoms with E-state index in [1.165, 1.54) is 0 Å². The molecule has 1 saturated carbocycles. The highest BCUT2D eigenvalue weighted by molar-refractivity contribution is 5.75. The molecular formula is C9H13N3O. The molecule has 0 aromatic rings. The molecular weight excluding hydrogens is 166 g/mol. The smallest absolute Gasteiger partial charge is 0.217 e. The molecule has 0 radical (unpaired) electrons. The number of carbonyl (C=O) groups is 1. The van der Waals surface area contributed by atoms with Gasteiger partial charge in [0.15, 0.2) is 0 Å². The minimum Gasteiger partial charge on any atom is -0.348 e. The Labute approximate surface area is 77.1 Å². The Morgan fingerprint density at radius 2 is 2.46 bits per heavy atom. The highest BCUT2D eigenvalue weighted by atomic mass is 16.1. The van der Waals surface area contributed by atoms with Crippen LogP contribution >= 0.6 is 0 Å². The highest BCUT2D eigenvalue weighted by Gasteiger charge is 2.63. The Morgan fingerprint density at radius 3 is 3.15 bits per heavy atom. The van der Waals surface area contributed by atoms with Gasteiger partial charge in [-0.15, -0.1) is 0 Å². The minimum atomic E-state index is -0.137. The van der Waals surface area contributed by atoms with Gasteiger partial charge in [0.25, 0.3) is 0 Å². The second-order valence-electron chi connectivity index (χ2n) is 3.77. The van der Waals surface area contributed by atoms with Crippen molar-refractivity contribution in [3.63, 3.8) is 0 Å². The van der Waals surface area contributed by atoms with Gasteiger partial charge in [-0.1, -0.05) is 13.0 Å². The molecule has 1 aliphatic heterocycles. The number of amides is 1. The lowest BCUT2D eigenvalue weighted by molar-refractivity contribution is -0.120. The number of nitrogens with zero attached hydrogens (tertiary/aromatic N) is 2. The molecule has 0 saturated heterocycles. The van der Waals surface area contributed by atoms with E-state index in [1.807, 2.05) is 6.08 Å². The summed E-state index contributed by atoms with van der Waals surface area (Å²) in [6.07, 6.45) is 4.50. The van der Waals surface area contributed by atoms with Crippen molar-refractivity contribution in [2.24, 2.45) is 16.1 Å². The lowest BCUT2D eigenvalue weighted by Gasteiger charge is -2.14. The molecule has 1 heterocycles. The Morgan fingerprint density at radius 1 is 1.69 bits per heavy atom. The molecule has 1 amide bonds. The van der Waals surface area contributed by atoms with Crippen LogP contribution in [0.1, 0.15) is 20.3 Å². The summed E-state index contributed by atoms with van der Waals surface area (Å²) in [6.45, 7) is 3.64. The molecule has 1 N–H and O–H groups in total. The predicted molar refractivity (Wildman–Crippen MR) is 48.1 cm³/mol. The van der Waals surface area contributed by atoms with Crippen LogP contribution in [-0.2, 0) is 4.79 Å². The Bertz CT molecular complexity index is 297. The molecule has 13 heavy (non-hydrogen) atoms. The highest BCUT2D eigenvalue weighted by Crippen LogP contribution is 2.49. The lowest BCUT2D eigenvalue weighted by atomic mass is 10.1. The molecule has 0 aromatic carbocycles. The summed E-state index contributed by atoms with van der Waals surface area (Å²) in [5.74, 6) is 0.421. The van der Waals surface area contributed by atoms with Crippen molar-refractivity contribution in [3.8, 4) is 0 Å². The van der Waals surface area contributed by atoms with Gasteiger partial charge >= 0.3 is 0 Å². The molecule has 2 aliphatic rings. The van der Waals surface area contributed by atoms with E-state index in [-0.39, 0.29) is 17.5 Å². The molecule has 4 heteroatoms. The first kappa shape index (κ1) is 8.41. The molecule has 3 atom stereocenters. The van der Waals surface area contributed by atoms with Gasteiger partial charge in [0, 0.05) is 19.0 Å². The van der Waals surface area contributed by atoms with Crippen LogP contribution in [0.5, 0.6) is 0 Å². The van der Waals surface area contributed by atoms with Crippen molar-refractivity contribution in [2.75, 3.05) is 0 Å². The summed E-state index contributed by atoms with van der Waals surface area (Å²) >= 11 is 0. The van der Waals surface area contributed by atoms with E-state index >= 15 is 0 Å². The summed E-state index contributed by atoms with van der Waals surface area (Å²) in [7, 11) is 0. The van der Waals surface area contributed by atoms with Crippen molar-refractivity contribution >= 4 is 5.91 Å². The first-order valence-electron chi connectivity index (χ1n) is 4.50. The van der Waals surface area contributed by atoms with Gasteiger partial charge in [-0.2, -0.15) is 10.2 Å². The Kier molecular flexibility index (Phi) is 1.71. The van der Waals surface area contributed by atoms with Crippen molar-refractivity contribution in [3.05, 3.63) is 12.3 Å². The summed E-state index contributed by atoms with van der Waals surface area (Å²) in [6, 6.07) is 0.173. The molecule has 0 aromatic heterocycles. The van der Waals surface area contributed by atoms with Crippen LogP contribution < -0.4 is 5.32 Å². The summed E-state index contributed by atoms with van der Waals surface area (Å²) < 4.78 is 0. The number of rotatable bonds is 1. The zero-order chi connectivity index (χ0) is 9.47. The minimum absolute atomic E-state index is 0.0138. The van der Waals surface area contributed by atoms with Crippen LogP contribution in [-0.4, -0.2) is 17.5 Å². The molecule has 70 valence electrons. The number of hydrogen-bond acceptors (Lipinski definition) is 3. The maximum absolute atomic E-state index is 11.0. The van der Waals surface area contributed by atoms with Gasteiger partial charge in [0.05, 0.1) is 11.6 Å². The van der Waals surface area contributed by atoms with E-state index in [0.717, 1.165) is 6.42 Å². The Hall–Kier alpha value is -1.19. The number of nitrogens with one attached hydrogen (secondary N) is 1. The number of carbonyl (C=O) groups excluding carboxylic acids is 1. The monoisotopic (exact) mass is 179 g/mol. The fourth-order valence-electron chi connectivity index (χ4n) is 2.09. The molecule has 3 unspecified atom stereocenters. The number of fused-ring (bicyclic) bond motifs is 1. The molecule has 1 fully saturated rings. The van der Waals surface area contributed by atoms with E-state index in [4.69, 9.17) is 0 Å². The predicted octanol–water partition coefficient (Wildman–Crippen LogP) is 1.25. The van der Waals surface area contributed by atoms with E-state index < -0.39 is 0 Å².